The first-order chi connectivity index (χ1) is 11.4. The Bertz CT molecular complexity index is 723. The zero-order valence-electron chi connectivity index (χ0n) is 12.7. The third-order valence-electron chi connectivity index (χ3n) is 3.84. The average molecular weight is 346 g/mol. The lowest BCUT2D eigenvalue weighted by molar-refractivity contribution is -0.0405. The van der Waals surface area contributed by atoms with E-state index in [-0.39, 0.29) is 6.10 Å². The molecule has 0 spiro atoms. The Labute approximate surface area is 143 Å². The van der Waals surface area contributed by atoms with Gasteiger partial charge in [-0.3, -0.25) is 9.58 Å². The predicted molar refractivity (Wildman–Crippen MR) is 92.7 cm³/mol. The van der Waals surface area contributed by atoms with Crippen LogP contribution in [0.3, 0.4) is 0 Å². The summed E-state index contributed by atoms with van der Waals surface area (Å²) in [5.41, 5.74) is 1.15. The molecule has 0 N–H and O–H groups in total. The van der Waals surface area contributed by atoms with Crippen molar-refractivity contribution in [3.63, 3.8) is 0 Å². The molecule has 4 heterocycles. The zero-order valence-corrected chi connectivity index (χ0v) is 14.3. The van der Waals surface area contributed by atoms with E-state index in [0.717, 1.165) is 43.5 Å². The molecule has 0 radical (unpaired) electrons. The van der Waals surface area contributed by atoms with Crippen molar-refractivity contribution < 1.29 is 4.74 Å². The summed E-state index contributed by atoms with van der Waals surface area (Å²) in [5.74, 6) is 0. The summed E-state index contributed by atoms with van der Waals surface area (Å²) in [7, 11) is 0. The van der Waals surface area contributed by atoms with Gasteiger partial charge in [0, 0.05) is 37.4 Å². The molecular weight excluding hydrogens is 328 g/mol. The average Bonchev–Trinajstić information content (AvgIpc) is 3.30. The molecule has 4 rings (SSSR count). The van der Waals surface area contributed by atoms with Crippen molar-refractivity contribution in [2.45, 2.75) is 19.2 Å². The smallest absolute Gasteiger partial charge is 0.133 e. The van der Waals surface area contributed by atoms with Gasteiger partial charge in [0.05, 0.1) is 29.8 Å². The molecule has 0 aliphatic carbocycles. The van der Waals surface area contributed by atoms with Gasteiger partial charge in [0.1, 0.15) is 5.01 Å². The van der Waals surface area contributed by atoms with Crippen LogP contribution in [0.2, 0.25) is 0 Å². The van der Waals surface area contributed by atoms with Crippen LogP contribution >= 0.6 is 22.7 Å². The van der Waals surface area contributed by atoms with Gasteiger partial charge >= 0.3 is 0 Å². The van der Waals surface area contributed by atoms with Crippen molar-refractivity contribution >= 4 is 22.7 Å². The molecule has 23 heavy (non-hydrogen) atoms. The Hall–Kier alpha value is -1.54. The lowest BCUT2D eigenvalue weighted by Gasteiger charge is -2.32. The van der Waals surface area contributed by atoms with Gasteiger partial charge in [0.2, 0.25) is 0 Å². The Morgan fingerprint density at radius 2 is 2.30 bits per heavy atom. The molecule has 1 aliphatic heterocycles. The van der Waals surface area contributed by atoms with Crippen molar-refractivity contribution in [2.24, 2.45) is 0 Å². The maximum atomic E-state index is 5.86. The van der Waals surface area contributed by atoms with E-state index in [0.29, 0.717) is 0 Å². The minimum absolute atomic E-state index is 0.194. The largest absolute Gasteiger partial charge is 0.374 e. The first kappa shape index (κ1) is 15.0. The maximum Gasteiger partial charge on any atom is 0.133 e. The molecule has 1 fully saturated rings. The van der Waals surface area contributed by atoms with E-state index in [4.69, 9.17) is 9.72 Å². The highest BCUT2D eigenvalue weighted by atomic mass is 32.1. The standard InChI is InChI=1S/C16H18N4OS2/c1-3-15(22-8-1)16-18-13(12-23-16)9-19-6-7-21-14(10-19)11-20-5-2-4-17-20/h1-5,8,12,14H,6-7,9-11H2. The third-order valence-corrected chi connectivity index (χ3v) is 5.77. The number of hydrogen-bond acceptors (Lipinski definition) is 6. The fourth-order valence-corrected chi connectivity index (χ4v) is 4.40. The summed E-state index contributed by atoms with van der Waals surface area (Å²) in [6, 6.07) is 6.15. The fourth-order valence-electron chi connectivity index (χ4n) is 2.77. The number of hydrogen-bond donors (Lipinski definition) is 0. The normalized spacial score (nSPS) is 19.2. The van der Waals surface area contributed by atoms with Gasteiger partial charge < -0.3 is 4.74 Å². The Kier molecular flexibility index (Phi) is 4.52. The minimum Gasteiger partial charge on any atom is -0.374 e. The van der Waals surface area contributed by atoms with E-state index >= 15 is 0 Å². The molecule has 0 aromatic carbocycles. The summed E-state index contributed by atoms with van der Waals surface area (Å²) in [6.45, 7) is 4.35. The first-order valence-electron chi connectivity index (χ1n) is 7.66. The summed E-state index contributed by atoms with van der Waals surface area (Å²) in [4.78, 5) is 8.45. The lowest BCUT2D eigenvalue weighted by Crippen LogP contribution is -2.43. The molecule has 0 amide bonds. The van der Waals surface area contributed by atoms with Crippen LogP contribution in [0.25, 0.3) is 9.88 Å². The van der Waals surface area contributed by atoms with Crippen LogP contribution < -0.4 is 0 Å². The van der Waals surface area contributed by atoms with Gasteiger partial charge in [-0.05, 0) is 17.5 Å². The second kappa shape index (κ2) is 6.92. The quantitative estimate of drug-likeness (QED) is 0.712. The first-order valence-corrected chi connectivity index (χ1v) is 9.42. The minimum atomic E-state index is 0.194. The van der Waals surface area contributed by atoms with Crippen molar-refractivity contribution in [3.8, 4) is 9.88 Å². The summed E-state index contributed by atoms with van der Waals surface area (Å²) in [5, 5.41) is 9.65. The van der Waals surface area contributed by atoms with Crippen LogP contribution in [0, 0.1) is 0 Å². The molecule has 1 atom stereocenters. The van der Waals surface area contributed by atoms with Crippen LogP contribution in [-0.2, 0) is 17.8 Å². The van der Waals surface area contributed by atoms with Crippen LogP contribution in [-0.4, -0.2) is 45.5 Å². The van der Waals surface area contributed by atoms with E-state index in [1.54, 1.807) is 22.7 Å². The Morgan fingerprint density at radius 3 is 3.13 bits per heavy atom. The number of morpholine rings is 1. The predicted octanol–water partition coefficient (Wildman–Crippen LogP) is 2.97. The van der Waals surface area contributed by atoms with E-state index in [9.17, 15) is 0 Å². The molecule has 1 saturated heterocycles. The Morgan fingerprint density at radius 1 is 1.30 bits per heavy atom. The number of rotatable bonds is 5. The fraction of sp³-hybridized carbons (Fsp3) is 0.375. The second-order valence-electron chi connectivity index (χ2n) is 5.58. The highest BCUT2D eigenvalue weighted by molar-refractivity contribution is 7.20. The maximum absolute atomic E-state index is 5.86. The molecule has 0 saturated carbocycles. The molecule has 7 heteroatoms. The lowest BCUT2D eigenvalue weighted by atomic mass is 10.2. The van der Waals surface area contributed by atoms with Gasteiger partial charge in [-0.25, -0.2) is 4.98 Å². The number of nitrogens with zero attached hydrogens (tertiary/aromatic N) is 4. The van der Waals surface area contributed by atoms with Crippen LogP contribution in [0.5, 0.6) is 0 Å². The molecule has 3 aromatic rings. The van der Waals surface area contributed by atoms with E-state index in [1.807, 2.05) is 23.1 Å². The third kappa shape index (κ3) is 3.69. The Balaban J connectivity index is 1.37. The van der Waals surface area contributed by atoms with Crippen LogP contribution in [0.4, 0.5) is 0 Å². The monoisotopic (exact) mass is 346 g/mol. The molecule has 5 nitrogen and oxygen atoms in total. The SMILES string of the molecule is c1csc(-c2nc(CN3CCOC(Cn4cccn4)C3)cs2)c1. The van der Waals surface area contributed by atoms with Crippen LogP contribution in [0.15, 0.2) is 41.4 Å². The van der Waals surface area contributed by atoms with Gasteiger partial charge in [-0.15, -0.1) is 22.7 Å². The van der Waals surface area contributed by atoms with E-state index in [2.05, 4.69) is 32.9 Å². The molecule has 3 aromatic heterocycles. The number of aromatic nitrogens is 3. The second-order valence-corrected chi connectivity index (χ2v) is 7.38. The van der Waals surface area contributed by atoms with Crippen molar-refractivity contribution in [2.75, 3.05) is 19.7 Å². The zero-order chi connectivity index (χ0) is 15.5. The van der Waals surface area contributed by atoms with E-state index in [1.165, 1.54) is 4.88 Å². The van der Waals surface area contributed by atoms with Crippen molar-refractivity contribution in [3.05, 3.63) is 47.0 Å². The van der Waals surface area contributed by atoms with Gasteiger partial charge in [-0.1, -0.05) is 6.07 Å². The number of ether oxygens (including phenoxy) is 1. The topological polar surface area (TPSA) is 43.2 Å². The highest BCUT2D eigenvalue weighted by Crippen LogP contribution is 2.28. The van der Waals surface area contributed by atoms with Crippen molar-refractivity contribution in [1.29, 1.82) is 0 Å². The molecule has 1 unspecified atom stereocenters. The van der Waals surface area contributed by atoms with Crippen LogP contribution in [0.1, 0.15) is 5.69 Å². The van der Waals surface area contributed by atoms with Crippen molar-refractivity contribution in [1.82, 2.24) is 19.7 Å². The molecule has 0 bridgehead atoms. The summed E-state index contributed by atoms with van der Waals surface area (Å²) in [6.07, 6.45) is 3.98. The summed E-state index contributed by atoms with van der Waals surface area (Å²) >= 11 is 3.47. The van der Waals surface area contributed by atoms with Gasteiger partial charge in [-0.2, -0.15) is 5.10 Å². The van der Waals surface area contributed by atoms with Gasteiger partial charge in [0.15, 0.2) is 0 Å². The highest BCUT2D eigenvalue weighted by Gasteiger charge is 2.21. The van der Waals surface area contributed by atoms with Gasteiger partial charge in [0.25, 0.3) is 0 Å². The number of thiazole rings is 1. The van der Waals surface area contributed by atoms with E-state index < -0.39 is 0 Å². The molecule has 120 valence electrons. The number of thiophene rings is 1. The summed E-state index contributed by atoms with van der Waals surface area (Å²) < 4.78 is 7.80. The molecule has 1 aliphatic rings. The molecular formula is C16H18N4OS2.